The molecule has 5 rings (SSSR count). The van der Waals surface area contributed by atoms with E-state index in [9.17, 15) is 0 Å². The van der Waals surface area contributed by atoms with Gasteiger partial charge in [0, 0.05) is 25.1 Å². The number of benzene rings is 1. The van der Waals surface area contributed by atoms with Crippen LogP contribution in [0.4, 0.5) is 0 Å². The number of aromatic nitrogens is 5. The average Bonchev–Trinajstić information content (AvgIpc) is 3.48. The third-order valence-corrected chi connectivity index (χ3v) is 6.83. The van der Waals surface area contributed by atoms with Gasteiger partial charge in [-0.3, -0.25) is 0 Å². The minimum atomic E-state index is 0.348. The number of thiophene rings is 1. The number of methoxy groups -OCH3 is 1. The molecule has 0 aliphatic carbocycles. The number of hydrogen-bond acceptors (Lipinski definition) is 8. The molecule has 0 saturated carbocycles. The maximum Gasteiger partial charge on any atom is 0.197 e. The molecule has 5 aromatic rings. The van der Waals surface area contributed by atoms with Gasteiger partial charge < -0.3 is 13.7 Å². The summed E-state index contributed by atoms with van der Waals surface area (Å²) in [7, 11) is 3.59. The molecule has 0 saturated heterocycles. The Morgan fingerprint density at radius 3 is 2.68 bits per heavy atom. The second-order valence-electron chi connectivity index (χ2n) is 6.93. The molecule has 0 fully saturated rings. The maximum atomic E-state index is 5.43. The Hall–Kier alpha value is -3.01. The molecule has 1 aromatic carbocycles. The van der Waals surface area contributed by atoms with Gasteiger partial charge in [0.25, 0.3) is 0 Å². The van der Waals surface area contributed by atoms with E-state index >= 15 is 0 Å². The third-order valence-electron chi connectivity index (χ3n) is 4.93. The zero-order valence-corrected chi connectivity index (χ0v) is 18.8. The first-order chi connectivity index (χ1) is 15.2. The fourth-order valence-electron chi connectivity index (χ4n) is 3.39. The molecule has 0 spiro atoms. The summed E-state index contributed by atoms with van der Waals surface area (Å²) in [6, 6.07) is 12.2. The van der Waals surface area contributed by atoms with Crippen molar-refractivity contribution in [2.45, 2.75) is 23.7 Å². The number of fused-ring (bicyclic) bond motifs is 1. The number of hydrogen-bond donors (Lipinski definition) is 0. The molecule has 0 aliphatic rings. The van der Waals surface area contributed by atoms with E-state index in [1.807, 2.05) is 42.8 Å². The lowest BCUT2D eigenvalue weighted by Gasteiger charge is -2.08. The molecule has 31 heavy (non-hydrogen) atoms. The second kappa shape index (κ2) is 8.26. The highest BCUT2D eigenvalue weighted by Gasteiger charge is 2.20. The minimum Gasteiger partial charge on any atom is -0.469 e. The van der Waals surface area contributed by atoms with E-state index in [1.54, 1.807) is 24.7 Å². The van der Waals surface area contributed by atoms with E-state index in [0.29, 0.717) is 12.4 Å². The fourth-order valence-corrected chi connectivity index (χ4v) is 5.36. The van der Waals surface area contributed by atoms with Crippen LogP contribution in [0.15, 0.2) is 62.6 Å². The first-order valence-corrected chi connectivity index (χ1v) is 11.3. The van der Waals surface area contributed by atoms with Gasteiger partial charge in [-0.15, -0.1) is 21.5 Å². The fraction of sp³-hybridized carbons (Fsp3) is 0.182. The monoisotopic (exact) mass is 449 g/mol. The predicted octanol–water partition coefficient (Wildman–Crippen LogP) is 5.35. The Balaban J connectivity index is 1.63. The summed E-state index contributed by atoms with van der Waals surface area (Å²) in [5.41, 5.74) is 3.17. The van der Waals surface area contributed by atoms with Gasteiger partial charge in [-0.2, -0.15) is 0 Å². The Labute approximate surface area is 187 Å². The molecule has 0 N–H and O–H groups in total. The lowest BCUT2D eigenvalue weighted by molar-refractivity contribution is 0.177. The van der Waals surface area contributed by atoms with Gasteiger partial charge in [0.1, 0.15) is 22.2 Å². The van der Waals surface area contributed by atoms with Gasteiger partial charge in [0.05, 0.1) is 17.2 Å². The van der Waals surface area contributed by atoms with Crippen LogP contribution in [0.2, 0.25) is 0 Å². The molecule has 0 bridgehead atoms. The first-order valence-electron chi connectivity index (χ1n) is 9.60. The lowest BCUT2D eigenvalue weighted by atomic mass is 10.1. The first kappa shape index (κ1) is 19.9. The van der Waals surface area contributed by atoms with E-state index < -0.39 is 0 Å². The summed E-state index contributed by atoms with van der Waals surface area (Å²) in [4.78, 5) is 10.4. The highest BCUT2D eigenvalue weighted by molar-refractivity contribution is 7.99. The van der Waals surface area contributed by atoms with Gasteiger partial charge in [-0.25, -0.2) is 9.97 Å². The zero-order chi connectivity index (χ0) is 21.4. The summed E-state index contributed by atoms with van der Waals surface area (Å²) < 4.78 is 12.7. The summed E-state index contributed by atoms with van der Waals surface area (Å²) in [5.74, 6) is 2.21. The van der Waals surface area contributed by atoms with Crippen LogP contribution in [-0.2, 0) is 18.4 Å². The van der Waals surface area contributed by atoms with Gasteiger partial charge in [-0.05, 0) is 30.3 Å². The van der Waals surface area contributed by atoms with Crippen LogP contribution in [0.1, 0.15) is 11.6 Å². The molecule has 9 heteroatoms. The van der Waals surface area contributed by atoms with Crippen molar-refractivity contribution in [2.24, 2.45) is 7.05 Å². The molecule has 7 nitrogen and oxygen atoms in total. The molecule has 0 radical (unpaired) electrons. The summed E-state index contributed by atoms with van der Waals surface area (Å²) >= 11 is 3.09. The topological polar surface area (TPSA) is 78.9 Å². The highest BCUT2D eigenvalue weighted by Crippen LogP contribution is 2.40. The molecular formula is C22H19N5O2S2. The predicted molar refractivity (Wildman–Crippen MR) is 121 cm³/mol. The van der Waals surface area contributed by atoms with Crippen LogP contribution >= 0.6 is 23.1 Å². The van der Waals surface area contributed by atoms with Gasteiger partial charge >= 0.3 is 0 Å². The molecule has 4 aromatic heterocycles. The Morgan fingerprint density at radius 1 is 1.10 bits per heavy atom. The molecule has 0 aliphatic heterocycles. The quantitative estimate of drug-likeness (QED) is 0.323. The second-order valence-corrected chi connectivity index (χ2v) is 8.75. The number of nitrogens with zero attached hydrogens (tertiary/aromatic N) is 5. The lowest BCUT2D eigenvalue weighted by Crippen LogP contribution is -2.00. The SMILES string of the molecule is COCc1nc(Sc2nnc(-c3ccoc3C)n2C)c2c(-c3ccccc3)csc2n1. The maximum absolute atomic E-state index is 5.43. The molecular weight excluding hydrogens is 430 g/mol. The molecule has 4 heterocycles. The van der Waals surface area contributed by atoms with E-state index in [2.05, 4.69) is 27.7 Å². The molecule has 0 atom stereocenters. The van der Waals surface area contributed by atoms with Crippen molar-refractivity contribution in [1.29, 1.82) is 0 Å². The van der Waals surface area contributed by atoms with Gasteiger partial charge in [0.2, 0.25) is 0 Å². The summed E-state index contributed by atoms with van der Waals surface area (Å²) in [5, 5.41) is 13.5. The largest absolute Gasteiger partial charge is 0.469 e. The third kappa shape index (κ3) is 3.65. The standard InChI is InChI=1S/C22H19N5O2S2/c1-13-15(9-10-29-13)19-25-26-22(27(19)2)31-21-18-16(14-7-5-4-6-8-14)12-30-20(18)23-17(24-21)11-28-3/h4-10,12H,11H2,1-3H3. The average molecular weight is 450 g/mol. The minimum absolute atomic E-state index is 0.348. The number of ether oxygens (including phenoxy) is 1. The molecule has 156 valence electrons. The molecule has 0 unspecified atom stereocenters. The van der Waals surface area contributed by atoms with E-state index in [4.69, 9.17) is 19.1 Å². The normalized spacial score (nSPS) is 11.5. The van der Waals surface area contributed by atoms with Crippen molar-refractivity contribution >= 4 is 33.3 Å². The van der Waals surface area contributed by atoms with Crippen LogP contribution in [-0.4, -0.2) is 31.8 Å². The van der Waals surface area contributed by atoms with Crippen LogP contribution in [0.5, 0.6) is 0 Å². The number of aryl methyl sites for hydroxylation is 1. The van der Waals surface area contributed by atoms with Crippen LogP contribution in [0, 0.1) is 6.92 Å². The Bertz CT molecular complexity index is 1360. The Kier molecular flexibility index (Phi) is 5.31. The number of rotatable bonds is 6. The molecule has 0 amide bonds. The Morgan fingerprint density at radius 2 is 1.94 bits per heavy atom. The van der Waals surface area contributed by atoms with Crippen molar-refractivity contribution in [3.05, 3.63) is 59.6 Å². The van der Waals surface area contributed by atoms with E-state index in [0.717, 1.165) is 48.7 Å². The summed E-state index contributed by atoms with van der Waals surface area (Å²) in [6.07, 6.45) is 1.66. The van der Waals surface area contributed by atoms with Crippen molar-refractivity contribution < 1.29 is 9.15 Å². The van der Waals surface area contributed by atoms with Gasteiger partial charge in [-0.1, -0.05) is 30.3 Å². The summed E-state index contributed by atoms with van der Waals surface area (Å²) in [6.45, 7) is 2.26. The highest BCUT2D eigenvalue weighted by atomic mass is 32.2. The van der Waals surface area contributed by atoms with Crippen molar-refractivity contribution in [3.63, 3.8) is 0 Å². The van der Waals surface area contributed by atoms with Crippen molar-refractivity contribution in [3.8, 4) is 22.5 Å². The van der Waals surface area contributed by atoms with E-state index in [-0.39, 0.29) is 0 Å². The van der Waals surface area contributed by atoms with Crippen LogP contribution in [0.3, 0.4) is 0 Å². The van der Waals surface area contributed by atoms with Crippen molar-refractivity contribution in [1.82, 2.24) is 24.7 Å². The van der Waals surface area contributed by atoms with Crippen molar-refractivity contribution in [2.75, 3.05) is 7.11 Å². The van der Waals surface area contributed by atoms with E-state index in [1.165, 1.54) is 11.8 Å². The smallest absolute Gasteiger partial charge is 0.197 e. The van der Waals surface area contributed by atoms with Gasteiger partial charge in [0.15, 0.2) is 16.8 Å². The van der Waals surface area contributed by atoms with Crippen LogP contribution < -0.4 is 0 Å². The van der Waals surface area contributed by atoms with Crippen LogP contribution in [0.25, 0.3) is 32.7 Å². The number of furan rings is 1. The zero-order valence-electron chi connectivity index (χ0n) is 17.2.